The van der Waals surface area contributed by atoms with Gasteiger partial charge in [0.05, 0.1) is 13.5 Å². The standard InChI is InChI=1S/C23H31N3O2/c1-25-15-16-26(22(18-25)20-7-4-3-5-8-20)14-6-13-24-23(27)17-19-9-11-21(28-2)12-10-19/h3-5,7-12,22H,6,13-18H2,1-2H3,(H,24,27)/t22-/m0/s1. The van der Waals surface area contributed by atoms with Crippen LogP contribution < -0.4 is 10.1 Å². The van der Waals surface area contributed by atoms with Gasteiger partial charge in [-0.1, -0.05) is 42.5 Å². The van der Waals surface area contributed by atoms with E-state index in [1.807, 2.05) is 24.3 Å². The lowest BCUT2D eigenvalue weighted by atomic mass is 10.0. The van der Waals surface area contributed by atoms with Crippen LogP contribution in [0.1, 0.15) is 23.6 Å². The fourth-order valence-electron chi connectivity index (χ4n) is 3.72. The van der Waals surface area contributed by atoms with Gasteiger partial charge >= 0.3 is 0 Å². The van der Waals surface area contributed by atoms with Gasteiger partial charge in [0.1, 0.15) is 5.75 Å². The van der Waals surface area contributed by atoms with Crippen LogP contribution in [0, 0.1) is 0 Å². The minimum atomic E-state index is 0.0724. The highest BCUT2D eigenvalue weighted by atomic mass is 16.5. The summed E-state index contributed by atoms with van der Waals surface area (Å²) >= 11 is 0. The summed E-state index contributed by atoms with van der Waals surface area (Å²) in [4.78, 5) is 17.1. The van der Waals surface area contributed by atoms with Gasteiger partial charge in [0.2, 0.25) is 5.91 Å². The molecule has 3 rings (SSSR count). The van der Waals surface area contributed by atoms with Crippen LogP contribution in [0.2, 0.25) is 0 Å². The van der Waals surface area contributed by atoms with E-state index in [-0.39, 0.29) is 5.91 Å². The van der Waals surface area contributed by atoms with Crippen molar-refractivity contribution in [1.29, 1.82) is 0 Å². The van der Waals surface area contributed by atoms with Crippen molar-refractivity contribution in [1.82, 2.24) is 15.1 Å². The van der Waals surface area contributed by atoms with Crippen molar-refractivity contribution in [2.45, 2.75) is 18.9 Å². The Morgan fingerprint density at radius 2 is 1.86 bits per heavy atom. The molecule has 0 unspecified atom stereocenters. The zero-order chi connectivity index (χ0) is 19.8. The molecule has 1 heterocycles. The Morgan fingerprint density at radius 3 is 2.57 bits per heavy atom. The molecule has 1 fully saturated rings. The maximum Gasteiger partial charge on any atom is 0.224 e. The molecular formula is C23H31N3O2. The summed E-state index contributed by atoms with van der Waals surface area (Å²) in [5.74, 6) is 0.882. The summed E-state index contributed by atoms with van der Waals surface area (Å²) in [6.07, 6.45) is 1.37. The van der Waals surface area contributed by atoms with E-state index in [1.54, 1.807) is 7.11 Å². The third-order valence-corrected chi connectivity index (χ3v) is 5.35. The van der Waals surface area contributed by atoms with E-state index >= 15 is 0 Å². The molecule has 0 aliphatic carbocycles. The topological polar surface area (TPSA) is 44.8 Å². The van der Waals surface area contributed by atoms with Gasteiger partial charge in [-0.2, -0.15) is 0 Å². The SMILES string of the molecule is COc1ccc(CC(=O)NCCCN2CCN(C)C[C@H]2c2ccccc2)cc1. The van der Waals surface area contributed by atoms with E-state index in [4.69, 9.17) is 4.74 Å². The largest absolute Gasteiger partial charge is 0.497 e. The maximum atomic E-state index is 12.2. The minimum absolute atomic E-state index is 0.0724. The molecule has 1 N–H and O–H groups in total. The summed E-state index contributed by atoms with van der Waals surface area (Å²) in [7, 11) is 3.83. The van der Waals surface area contributed by atoms with Crippen LogP contribution in [0.3, 0.4) is 0 Å². The summed E-state index contributed by atoms with van der Waals surface area (Å²) in [5.41, 5.74) is 2.37. The number of nitrogens with one attached hydrogen (secondary N) is 1. The minimum Gasteiger partial charge on any atom is -0.497 e. The molecule has 1 saturated heterocycles. The van der Waals surface area contributed by atoms with Crippen molar-refractivity contribution in [3.8, 4) is 5.75 Å². The van der Waals surface area contributed by atoms with E-state index in [1.165, 1.54) is 5.56 Å². The van der Waals surface area contributed by atoms with Crippen LogP contribution in [-0.2, 0) is 11.2 Å². The summed E-state index contributed by atoms with van der Waals surface area (Å²) in [6.45, 7) is 4.91. The second-order valence-electron chi connectivity index (χ2n) is 7.45. The Balaban J connectivity index is 1.43. The number of nitrogens with zero attached hydrogens (tertiary/aromatic N) is 2. The van der Waals surface area contributed by atoms with Gasteiger partial charge in [0.25, 0.3) is 0 Å². The molecule has 150 valence electrons. The molecule has 0 saturated carbocycles. The first-order valence-electron chi connectivity index (χ1n) is 10.0. The molecule has 1 atom stereocenters. The number of methoxy groups -OCH3 is 1. The first kappa shape index (κ1) is 20.4. The first-order valence-corrected chi connectivity index (χ1v) is 10.0. The summed E-state index contributed by atoms with van der Waals surface area (Å²) in [5, 5.41) is 3.06. The predicted octanol–water partition coefficient (Wildman–Crippen LogP) is 2.73. The van der Waals surface area contributed by atoms with Crippen LogP contribution in [0.15, 0.2) is 54.6 Å². The van der Waals surface area contributed by atoms with Crippen molar-refractivity contribution in [2.24, 2.45) is 0 Å². The molecule has 1 amide bonds. The second-order valence-corrected chi connectivity index (χ2v) is 7.45. The van der Waals surface area contributed by atoms with E-state index < -0.39 is 0 Å². The van der Waals surface area contributed by atoms with Crippen molar-refractivity contribution in [3.05, 3.63) is 65.7 Å². The number of rotatable bonds is 8. The molecule has 5 heteroatoms. The normalized spacial score (nSPS) is 18.0. The number of benzene rings is 2. The maximum absolute atomic E-state index is 12.2. The fourth-order valence-corrected chi connectivity index (χ4v) is 3.72. The average molecular weight is 382 g/mol. The third-order valence-electron chi connectivity index (χ3n) is 5.35. The van der Waals surface area contributed by atoms with Crippen LogP contribution in [-0.4, -0.2) is 62.6 Å². The number of hydrogen-bond acceptors (Lipinski definition) is 4. The number of likely N-dealkylation sites (N-methyl/N-ethyl adjacent to an activating group) is 1. The lowest BCUT2D eigenvalue weighted by molar-refractivity contribution is -0.120. The first-order chi connectivity index (χ1) is 13.7. The second kappa shape index (κ2) is 10.2. The van der Waals surface area contributed by atoms with Gasteiger partial charge in [0, 0.05) is 38.8 Å². The fraction of sp³-hybridized carbons (Fsp3) is 0.435. The Kier molecular flexibility index (Phi) is 7.46. The Labute approximate surface area is 168 Å². The number of hydrogen-bond donors (Lipinski definition) is 1. The number of carbonyl (C=O) groups excluding carboxylic acids is 1. The summed E-state index contributed by atoms with van der Waals surface area (Å²) < 4.78 is 5.15. The Bertz CT molecular complexity index is 733. The number of amides is 1. The molecule has 0 bridgehead atoms. The van der Waals surface area contributed by atoms with E-state index in [0.29, 0.717) is 19.0 Å². The van der Waals surface area contributed by atoms with Crippen LogP contribution in [0.4, 0.5) is 0 Å². The van der Waals surface area contributed by atoms with E-state index in [0.717, 1.165) is 43.9 Å². The smallest absolute Gasteiger partial charge is 0.224 e. The molecular weight excluding hydrogens is 350 g/mol. The lowest BCUT2D eigenvalue weighted by Crippen LogP contribution is -2.47. The van der Waals surface area contributed by atoms with Gasteiger partial charge in [-0.25, -0.2) is 0 Å². The number of piperazine rings is 1. The predicted molar refractivity (Wildman–Crippen MR) is 113 cm³/mol. The van der Waals surface area contributed by atoms with Crippen LogP contribution in [0.5, 0.6) is 5.75 Å². The summed E-state index contributed by atoms with van der Waals surface area (Å²) in [6, 6.07) is 18.8. The highest BCUT2D eigenvalue weighted by Crippen LogP contribution is 2.24. The monoisotopic (exact) mass is 381 g/mol. The van der Waals surface area contributed by atoms with Gasteiger partial charge in [0.15, 0.2) is 0 Å². The highest BCUT2D eigenvalue weighted by molar-refractivity contribution is 5.78. The van der Waals surface area contributed by atoms with Gasteiger partial charge < -0.3 is 15.0 Å². The molecule has 2 aromatic carbocycles. The molecule has 1 aliphatic heterocycles. The van der Waals surface area contributed by atoms with Gasteiger partial charge in [-0.05, 0) is 36.7 Å². The van der Waals surface area contributed by atoms with Gasteiger partial charge in [-0.15, -0.1) is 0 Å². The van der Waals surface area contributed by atoms with E-state index in [9.17, 15) is 4.79 Å². The Hall–Kier alpha value is -2.37. The highest BCUT2D eigenvalue weighted by Gasteiger charge is 2.25. The van der Waals surface area contributed by atoms with Crippen molar-refractivity contribution < 1.29 is 9.53 Å². The van der Waals surface area contributed by atoms with Crippen LogP contribution in [0.25, 0.3) is 0 Å². The van der Waals surface area contributed by atoms with Crippen molar-refractivity contribution in [2.75, 3.05) is 46.9 Å². The zero-order valence-corrected chi connectivity index (χ0v) is 16.9. The van der Waals surface area contributed by atoms with Crippen LogP contribution >= 0.6 is 0 Å². The van der Waals surface area contributed by atoms with Crippen molar-refractivity contribution >= 4 is 5.91 Å². The Morgan fingerprint density at radius 1 is 1.11 bits per heavy atom. The molecule has 2 aromatic rings. The third kappa shape index (κ3) is 5.81. The van der Waals surface area contributed by atoms with Crippen molar-refractivity contribution in [3.63, 3.8) is 0 Å². The molecule has 28 heavy (non-hydrogen) atoms. The lowest BCUT2D eigenvalue weighted by Gasteiger charge is -2.40. The van der Waals surface area contributed by atoms with E-state index in [2.05, 4.69) is 52.5 Å². The molecule has 0 spiro atoms. The number of ether oxygens (including phenoxy) is 1. The average Bonchev–Trinajstić information content (AvgIpc) is 2.73. The molecule has 1 aliphatic rings. The number of carbonyl (C=O) groups is 1. The molecule has 0 aromatic heterocycles. The quantitative estimate of drug-likeness (QED) is 0.714. The molecule has 0 radical (unpaired) electrons. The van der Waals surface area contributed by atoms with Gasteiger partial charge in [-0.3, -0.25) is 9.69 Å². The zero-order valence-electron chi connectivity index (χ0n) is 16.9. The molecule has 5 nitrogen and oxygen atoms in total.